The standard InChI is InChI=1S/C16H23BN2O3/c1-11-9-19(10-11)14(20)13-7-6-12(8-18-13)17-21-15(2,3)16(4,5)22-17/h6-8,11H,9-10H2,1-5H3. The van der Waals surface area contributed by atoms with E-state index in [4.69, 9.17) is 9.31 Å². The molecule has 118 valence electrons. The molecule has 2 fully saturated rings. The van der Waals surface area contributed by atoms with Gasteiger partial charge in [0, 0.05) is 24.7 Å². The molecule has 22 heavy (non-hydrogen) atoms. The number of amides is 1. The zero-order chi connectivity index (χ0) is 16.1. The molecule has 2 aliphatic heterocycles. The molecule has 2 saturated heterocycles. The normalized spacial score (nSPS) is 23.5. The largest absolute Gasteiger partial charge is 0.496 e. The van der Waals surface area contributed by atoms with Gasteiger partial charge in [-0.05, 0) is 39.7 Å². The van der Waals surface area contributed by atoms with Crippen LogP contribution >= 0.6 is 0 Å². The average molecular weight is 302 g/mol. The van der Waals surface area contributed by atoms with Crippen molar-refractivity contribution >= 4 is 18.5 Å². The van der Waals surface area contributed by atoms with Gasteiger partial charge in [0.25, 0.3) is 5.91 Å². The Balaban J connectivity index is 1.71. The summed E-state index contributed by atoms with van der Waals surface area (Å²) in [4.78, 5) is 18.3. The molecule has 0 aliphatic carbocycles. The molecule has 3 heterocycles. The smallest absolute Gasteiger partial charge is 0.399 e. The van der Waals surface area contributed by atoms with Crippen molar-refractivity contribution in [1.29, 1.82) is 0 Å². The molecule has 3 rings (SSSR count). The SMILES string of the molecule is CC1CN(C(=O)c2ccc(B3OC(C)(C)C(C)(C)O3)cn2)C1. The minimum Gasteiger partial charge on any atom is -0.399 e. The van der Waals surface area contributed by atoms with Crippen LogP contribution in [0.1, 0.15) is 45.1 Å². The third-order valence-corrected chi connectivity index (χ3v) is 4.88. The molecule has 0 unspecified atom stereocenters. The number of rotatable bonds is 2. The summed E-state index contributed by atoms with van der Waals surface area (Å²) in [7, 11) is -0.439. The molecule has 1 amide bonds. The second-order valence-corrected chi connectivity index (χ2v) is 7.38. The van der Waals surface area contributed by atoms with Gasteiger partial charge in [-0.1, -0.05) is 13.0 Å². The maximum absolute atomic E-state index is 12.2. The van der Waals surface area contributed by atoms with Crippen LogP contribution < -0.4 is 5.46 Å². The van der Waals surface area contributed by atoms with Gasteiger partial charge in [0.2, 0.25) is 0 Å². The Bertz CT molecular complexity index is 564. The van der Waals surface area contributed by atoms with Gasteiger partial charge in [0.05, 0.1) is 11.2 Å². The molecule has 5 nitrogen and oxygen atoms in total. The van der Waals surface area contributed by atoms with E-state index < -0.39 is 7.12 Å². The molecule has 0 spiro atoms. The molecule has 0 atom stereocenters. The van der Waals surface area contributed by atoms with Gasteiger partial charge >= 0.3 is 7.12 Å². The first-order valence-corrected chi connectivity index (χ1v) is 7.80. The van der Waals surface area contributed by atoms with Gasteiger partial charge < -0.3 is 14.2 Å². The highest BCUT2D eigenvalue weighted by atomic mass is 16.7. The van der Waals surface area contributed by atoms with Crippen molar-refractivity contribution in [2.75, 3.05) is 13.1 Å². The summed E-state index contributed by atoms with van der Waals surface area (Å²) in [5, 5.41) is 0. The summed E-state index contributed by atoms with van der Waals surface area (Å²) < 4.78 is 12.0. The highest BCUT2D eigenvalue weighted by molar-refractivity contribution is 6.62. The van der Waals surface area contributed by atoms with Gasteiger partial charge in [0.15, 0.2) is 0 Å². The number of carbonyl (C=O) groups is 1. The topological polar surface area (TPSA) is 51.7 Å². The lowest BCUT2D eigenvalue weighted by atomic mass is 9.80. The summed E-state index contributed by atoms with van der Waals surface area (Å²) in [5.41, 5.74) is 0.569. The predicted octanol–water partition coefficient (Wildman–Crippen LogP) is 1.47. The Labute approximate surface area is 132 Å². The summed E-state index contributed by atoms with van der Waals surface area (Å²) in [6.45, 7) is 11.8. The molecular formula is C16H23BN2O3. The van der Waals surface area contributed by atoms with Gasteiger partial charge in [-0.15, -0.1) is 0 Å². The molecule has 0 N–H and O–H groups in total. The summed E-state index contributed by atoms with van der Waals surface area (Å²) in [6.07, 6.45) is 1.68. The first kappa shape index (κ1) is 15.5. The molecule has 1 aromatic heterocycles. The van der Waals surface area contributed by atoms with Gasteiger partial charge in [-0.2, -0.15) is 0 Å². The van der Waals surface area contributed by atoms with Gasteiger partial charge in [-0.25, -0.2) is 0 Å². The van der Waals surface area contributed by atoms with E-state index in [1.54, 1.807) is 12.3 Å². The van der Waals surface area contributed by atoms with E-state index in [0.29, 0.717) is 11.6 Å². The van der Waals surface area contributed by atoms with Crippen molar-refractivity contribution in [3.05, 3.63) is 24.0 Å². The van der Waals surface area contributed by atoms with Crippen LogP contribution in [0.5, 0.6) is 0 Å². The Hall–Kier alpha value is -1.40. The summed E-state index contributed by atoms with van der Waals surface area (Å²) >= 11 is 0. The van der Waals surface area contributed by atoms with E-state index in [2.05, 4.69) is 11.9 Å². The fraction of sp³-hybridized carbons (Fsp3) is 0.625. The molecular weight excluding hydrogens is 279 g/mol. The molecule has 0 radical (unpaired) electrons. The Morgan fingerprint density at radius 2 is 1.82 bits per heavy atom. The first-order chi connectivity index (χ1) is 10.2. The van der Waals surface area contributed by atoms with Crippen LogP contribution in [-0.4, -0.2) is 47.2 Å². The van der Waals surface area contributed by atoms with E-state index >= 15 is 0 Å². The number of carbonyl (C=O) groups excluding carboxylic acids is 1. The third kappa shape index (κ3) is 2.54. The zero-order valence-corrected chi connectivity index (χ0v) is 13.9. The van der Waals surface area contributed by atoms with E-state index in [1.165, 1.54) is 0 Å². The van der Waals surface area contributed by atoms with Crippen molar-refractivity contribution in [2.45, 2.75) is 45.8 Å². The van der Waals surface area contributed by atoms with Crippen LogP contribution in [0.2, 0.25) is 0 Å². The fourth-order valence-corrected chi connectivity index (χ4v) is 2.68. The molecule has 0 bridgehead atoms. The van der Waals surface area contributed by atoms with E-state index in [9.17, 15) is 4.79 Å². The lowest BCUT2D eigenvalue weighted by molar-refractivity contribution is 0.00578. The number of hydrogen-bond donors (Lipinski definition) is 0. The van der Waals surface area contributed by atoms with Crippen LogP contribution in [-0.2, 0) is 9.31 Å². The quantitative estimate of drug-likeness (QED) is 0.776. The Morgan fingerprint density at radius 3 is 2.27 bits per heavy atom. The van der Waals surface area contributed by atoms with Crippen LogP contribution in [0.25, 0.3) is 0 Å². The minimum atomic E-state index is -0.439. The molecule has 0 saturated carbocycles. The fourth-order valence-electron chi connectivity index (χ4n) is 2.68. The first-order valence-electron chi connectivity index (χ1n) is 7.80. The highest BCUT2D eigenvalue weighted by Crippen LogP contribution is 2.36. The lowest BCUT2D eigenvalue weighted by Gasteiger charge is -2.36. The van der Waals surface area contributed by atoms with Crippen molar-refractivity contribution in [3.8, 4) is 0 Å². The Morgan fingerprint density at radius 1 is 1.23 bits per heavy atom. The second kappa shape index (κ2) is 5.06. The molecule has 6 heteroatoms. The number of nitrogens with zero attached hydrogens (tertiary/aromatic N) is 2. The highest BCUT2D eigenvalue weighted by Gasteiger charge is 2.51. The van der Waals surface area contributed by atoms with Gasteiger partial charge in [-0.3, -0.25) is 9.78 Å². The van der Waals surface area contributed by atoms with Crippen molar-refractivity contribution in [3.63, 3.8) is 0 Å². The summed E-state index contributed by atoms with van der Waals surface area (Å²) in [5.74, 6) is 0.589. The van der Waals surface area contributed by atoms with E-state index in [0.717, 1.165) is 18.6 Å². The van der Waals surface area contributed by atoms with E-state index in [-0.39, 0.29) is 17.1 Å². The Kier molecular flexibility index (Phi) is 3.57. The molecule has 1 aromatic rings. The van der Waals surface area contributed by atoms with E-state index in [1.807, 2.05) is 38.7 Å². The van der Waals surface area contributed by atoms with Crippen molar-refractivity contribution in [1.82, 2.24) is 9.88 Å². The van der Waals surface area contributed by atoms with Crippen LogP contribution in [0.15, 0.2) is 18.3 Å². The number of likely N-dealkylation sites (tertiary alicyclic amines) is 1. The second-order valence-electron chi connectivity index (χ2n) is 7.38. The number of aromatic nitrogens is 1. The molecule has 2 aliphatic rings. The maximum Gasteiger partial charge on any atom is 0.496 e. The van der Waals surface area contributed by atoms with Crippen LogP contribution in [0.3, 0.4) is 0 Å². The number of pyridine rings is 1. The van der Waals surface area contributed by atoms with Crippen molar-refractivity contribution in [2.24, 2.45) is 5.92 Å². The monoisotopic (exact) mass is 302 g/mol. The lowest BCUT2D eigenvalue weighted by Crippen LogP contribution is -2.49. The van der Waals surface area contributed by atoms with Crippen LogP contribution in [0.4, 0.5) is 0 Å². The summed E-state index contributed by atoms with van der Waals surface area (Å²) in [6, 6.07) is 3.62. The molecule has 0 aromatic carbocycles. The number of hydrogen-bond acceptors (Lipinski definition) is 4. The average Bonchev–Trinajstić information content (AvgIpc) is 2.63. The zero-order valence-electron chi connectivity index (χ0n) is 13.9. The van der Waals surface area contributed by atoms with Crippen LogP contribution in [0, 0.1) is 5.92 Å². The predicted molar refractivity (Wildman–Crippen MR) is 85.0 cm³/mol. The minimum absolute atomic E-state index is 0.00133. The maximum atomic E-state index is 12.2. The third-order valence-electron chi connectivity index (χ3n) is 4.88. The van der Waals surface area contributed by atoms with Gasteiger partial charge in [0.1, 0.15) is 5.69 Å². The van der Waals surface area contributed by atoms with Crippen molar-refractivity contribution < 1.29 is 14.1 Å².